The molecule has 2 aromatic carbocycles. The highest BCUT2D eigenvalue weighted by molar-refractivity contribution is 6.30. The fourth-order valence-corrected chi connectivity index (χ4v) is 3.89. The summed E-state index contributed by atoms with van der Waals surface area (Å²) >= 11 is 6.31. The maximum Gasteiger partial charge on any atom is 0.289 e. The van der Waals surface area contributed by atoms with Crippen molar-refractivity contribution in [3.05, 3.63) is 95.3 Å². The van der Waals surface area contributed by atoms with Crippen LogP contribution in [0.4, 0.5) is 5.69 Å². The zero-order valence-electron chi connectivity index (χ0n) is 16.0. The summed E-state index contributed by atoms with van der Waals surface area (Å²) in [7, 11) is 1.73. The summed E-state index contributed by atoms with van der Waals surface area (Å²) < 4.78 is 1.81. The largest absolute Gasteiger partial charge is 0.317 e. The van der Waals surface area contributed by atoms with Crippen LogP contribution in [-0.2, 0) is 16.1 Å². The standard InChI is InChI=1S/C23H21ClN3O2/c1-25-20-11-10-18(24)14-19(20)23(17-8-4-2-5-9-17)27(16-21(25)28)22(29)15-26-12-6-3-7-13-26/h2-14,23H,15-16H2,1H3/q+1. The van der Waals surface area contributed by atoms with Gasteiger partial charge in [-0.3, -0.25) is 9.59 Å². The lowest BCUT2D eigenvalue weighted by atomic mass is 9.95. The minimum absolute atomic E-state index is 0.00537. The molecule has 2 heterocycles. The zero-order valence-corrected chi connectivity index (χ0v) is 16.8. The minimum atomic E-state index is -0.407. The lowest BCUT2D eigenvalue weighted by molar-refractivity contribution is -0.685. The van der Waals surface area contributed by atoms with E-state index in [0.717, 1.165) is 16.8 Å². The Kier molecular flexibility index (Phi) is 5.32. The number of carbonyl (C=O) groups is 2. The Morgan fingerprint density at radius 1 is 1.07 bits per heavy atom. The average molecular weight is 407 g/mol. The lowest BCUT2D eigenvalue weighted by Crippen LogP contribution is -2.47. The summed E-state index contributed by atoms with van der Waals surface area (Å²) in [5.41, 5.74) is 2.53. The van der Waals surface area contributed by atoms with Gasteiger partial charge in [0, 0.05) is 35.5 Å². The van der Waals surface area contributed by atoms with E-state index >= 15 is 0 Å². The van der Waals surface area contributed by atoms with Gasteiger partial charge in [-0.2, -0.15) is 4.57 Å². The van der Waals surface area contributed by atoms with Gasteiger partial charge in [-0.25, -0.2) is 0 Å². The van der Waals surface area contributed by atoms with Crippen LogP contribution in [0.3, 0.4) is 0 Å². The van der Waals surface area contributed by atoms with Gasteiger partial charge in [-0.1, -0.05) is 48.0 Å². The van der Waals surface area contributed by atoms with Crippen LogP contribution in [0.2, 0.25) is 5.02 Å². The molecule has 29 heavy (non-hydrogen) atoms. The monoisotopic (exact) mass is 406 g/mol. The molecule has 0 spiro atoms. The first-order valence-electron chi connectivity index (χ1n) is 9.39. The van der Waals surface area contributed by atoms with Gasteiger partial charge >= 0.3 is 0 Å². The van der Waals surface area contributed by atoms with E-state index in [4.69, 9.17) is 11.6 Å². The molecule has 0 N–H and O–H groups in total. The van der Waals surface area contributed by atoms with E-state index in [9.17, 15) is 9.59 Å². The maximum atomic E-state index is 13.4. The van der Waals surface area contributed by atoms with Gasteiger partial charge in [0.15, 0.2) is 12.4 Å². The molecular weight excluding hydrogens is 386 g/mol. The third-order valence-corrected chi connectivity index (χ3v) is 5.40. The van der Waals surface area contributed by atoms with E-state index in [1.54, 1.807) is 22.9 Å². The highest BCUT2D eigenvalue weighted by Gasteiger charge is 2.36. The molecule has 3 aromatic rings. The fraction of sp³-hybridized carbons (Fsp3) is 0.174. The van der Waals surface area contributed by atoms with Gasteiger partial charge in [-0.05, 0) is 23.8 Å². The van der Waals surface area contributed by atoms with Crippen molar-refractivity contribution in [1.82, 2.24) is 4.90 Å². The predicted octanol–water partition coefficient (Wildman–Crippen LogP) is 3.22. The second-order valence-electron chi connectivity index (χ2n) is 7.04. The first-order chi connectivity index (χ1) is 14.0. The molecule has 2 amide bonds. The van der Waals surface area contributed by atoms with Gasteiger partial charge in [0.25, 0.3) is 5.91 Å². The van der Waals surface area contributed by atoms with Crippen LogP contribution >= 0.6 is 11.6 Å². The molecule has 0 fully saturated rings. The summed E-state index contributed by atoms with van der Waals surface area (Å²) in [4.78, 5) is 29.5. The first-order valence-corrected chi connectivity index (χ1v) is 9.77. The van der Waals surface area contributed by atoms with E-state index in [1.807, 2.05) is 77.6 Å². The number of anilines is 1. The van der Waals surface area contributed by atoms with Gasteiger partial charge in [-0.15, -0.1) is 0 Å². The van der Waals surface area contributed by atoms with Crippen LogP contribution in [0.15, 0.2) is 79.1 Å². The average Bonchev–Trinajstić information content (AvgIpc) is 2.84. The molecule has 0 saturated carbocycles. The second kappa shape index (κ2) is 8.05. The van der Waals surface area contributed by atoms with E-state index in [2.05, 4.69) is 0 Å². The predicted molar refractivity (Wildman–Crippen MR) is 111 cm³/mol. The smallest absolute Gasteiger partial charge is 0.289 e. The molecule has 4 rings (SSSR count). The van der Waals surface area contributed by atoms with Crippen LogP contribution in [0.25, 0.3) is 0 Å². The Labute approximate surface area is 174 Å². The number of rotatable bonds is 3. The zero-order chi connectivity index (χ0) is 20.4. The molecular formula is C23H21ClN3O2+. The van der Waals surface area contributed by atoms with Crippen LogP contribution < -0.4 is 9.47 Å². The number of hydrogen-bond acceptors (Lipinski definition) is 2. The van der Waals surface area contributed by atoms with Crippen LogP contribution in [-0.4, -0.2) is 30.3 Å². The molecule has 0 saturated heterocycles. The van der Waals surface area contributed by atoms with Crippen molar-refractivity contribution in [3.63, 3.8) is 0 Å². The Hall–Kier alpha value is -3.18. The van der Waals surface area contributed by atoms with Gasteiger partial charge < -0.3 is 9.80 Å². The van der Waals surface area contributed by atoms with Gasteiger partial charge in [0.2, 0.25) is 12.5 Å². The lowest BCUT2D eigenvalue weighted by Gasteiger charge is -2.29. The molecule has 1 aromatic heterocycles. The SMILES string of the molecule is CN1C(=O)CN(C(=O)C[n+]2ccccc2)C(c2ccccc2)c2cc(Cl)ccc21. The molecule has 1 aliphatic heterocycles. The highest BCUT2D eigenvalue weighted by atomic mass is 35.5. The number of nitrogens with zero attached hydrogens (tertiary/aromatic N) is 3. The topological polar surface area (TPSA) is 44.5 Å². The fourth-order valence-electron chi connectivity index (χ4n) is 3.71. The van der Waals surface area contributed by atoms with Crippen molar-refractivity contribution in [2.45, 2.75) is 12.6 Å². The van der Waals surface area contributed by atoms with E-state index in [0.29, 0.717) is 5.02 Å². The molecule has 0 radical (unpaired) electrons. The van der Waals surface area contributed by atoms with Crippen molar-refractivity contribution in [2.75, 3.05) is 18.5 Å². The van der Waals surface area contributed by atoms with Gasteiger partial charge in [0.05, 0.1) is 6.04 Å². The number of hydrogen-bond donors (Lipinski definition) is 0. The molecule has 1 aliphatic rings. The molecule has 1 unspecified atom stereocenters. The molecule has 0 bridgehead atoms. The summed E-state index contributed by atoms with van der Waals surface area (Å²) in [5, 5.41) is 0.567. The minimum Gasteiger partial charge on any atom is -0.317 e. The summed E-state index contributed by atoms with van der Waals surface area (Å²) in [5.74, 6) is -0.275. The third-order valence-electron chi connectivity index (χ3n) is 5.17. The Bertz CT molecular complexity index is 1040. The molecule has 5 nitrogen and oxygen atoms in total. The van der Waals surface area contributed by atoms with Crippen LogP contribution in [0.1, 0.15) is 17.2 Å². The Morgan fingerprint density at radius 2 is 1.76 bits per heavy atom. The Morgan fingerprint density at radius 3 is 2.48 bits per heavy atom. The van der Waals surface area contributed by atoms with E-state index in [-0.39, 0.29) is 24.9 Å². The number of benzene rings is 2. The number of fused-ring (bicyclic) bond motifs is 1. The summed E-state index contributed by atoms with van der Waals surface area (Å²) in [6.07, 6.45) is 3.68. The van der Waals surface area contributed by atoms with Crippen LogP contribution in [0, 0.1) is 0 Å². The quantitative estimate of drug-likeness (QED) is 0.627. The van der Waals surface area contributed by atoms with Crippen molar-refractivity contribution < 1.29 is 14.2 Å². The maximum absolute atomic E-state index is 13.4. The third kappa shape index (κ3) is 3.87. The molecule has 6 heteroatoms. The highest BCUT2D eigenvalue weighted by Crippen LogP contribution is 2.38. The van der Waals surface area contributed by atoms with Crippen LogP contribution in [0.5, 0.6) is 0 Å². The molecule has 146 valence electrons. The number of amides is 2. The van der Waals surface area contributed by atoms with E-state index < -0.39 is 6.04 Å². The van der Waals surface area contributed by atoms with Crippen molar-refractivity contribution in [1.29, 1.82) is 0 Å². The van der Waals surface area contributed by atoms with Crippen molar-refractivity contribution >= 4 is 29.1 Å². The summed E-state index contributed by atoms with van der Waals surface area (Å²) in [6.45, 7) is 0.144. The number of halogens is 1. The first kappa shape index (κ1) is 19.2. The number of carbonyl (C=O) groups excluding carboxylic acids is 2. The number of likely N-dealkylation sites (N-methyl/N-ethyl adjacent to an activating group) is 1. The number of aromatic nitrogens is 1. The molecule has 0 aliphatic carbocycles. The number of pyridine rings is 1. The summed E-state index contributed by atoms with van der Waals surface area (Å²) in [6, 6.07) is 20.4. The Balaban J connectivity index is 1.83. The van der Waals surface area contributed by atoms with E-state index in [1.165, 1.54) is 0 Å². The molecule has 1 atom stereocenters. The van der Waals surface area contributed by atoms with Crippen molar-refractivity contribution in [3.8, 4) is 0 Å². The normalized spacial score (nSPS) is 16.3. The second-order valence-corrected chi connectivity index (χ2v) is 7.48. The van der Waals surface area contributed by atoms with Gasteiger partial charge in [0.1, 0.15) is 6.54 Å². The van der Waals surface area contributed by atoms with Crippen molar-refractivity contribution in [2.24, 2.45) is 0 Å².